The Labute approximate surface area is 175 Å². The van der Waals surface area contributed by atoms with Gasteiger partial charge in [0.25, 0.3) is 15.9 Å². The summed E-state index contributed by atoms with van der Waals surface area (Å²) in [6, 6.07) is 13.6. The van der Waals surface area contributed by atoms with Crippen LogP contribution in [0.5, 0.6) is 5.75 Å². The molecule has 0 radical (unpaired) electrons. The van der Waals surface area contributed by atoms with Crippen molar-refractivity contribution >= 4 is 21.8 Å². The monoisotopic (exact) mass is 426 g/mol. The van der Waals surface area contributed by atoms with Crippen LogP contribution in [0.2, 0.25) is 0 Å². The van der Waals surface area contributed by atoms with Crippen LogP contribution < -0.4 is 4.74 Å². The number of sulfonamides is 1. The third-order valence-corrected chi connectivity index (χ3v) is 7.56. The highest BCUT2D eigenvalue weighted by atomic mass is 32.2. The van der Waals surface area contributed by atoms with Crippen molar-refractivity contribution in [2.45, 2.75) is 30.4 Å². The number of fused-ring (bicyclic) bond motifs is 3. The minimum atomic E-state index is -3.79. The molecule has 1 atom stereocenters. The van der Waals surface area contributed by atoms with Crippen molar-refractivity contribution < 1.29 is 17.9 Å². The molecule has 1 fully saturated rings. The quantitative estimate of drug-likeness (QED) is 0.752. The third-order valence-electron chi connectivity index (χ3n) is 5.77. The molecule has 1 amide bonds. The molecule has 0 unspecified atom stereocenters. The molecule has 2 aromatic rings. The van der Waals surface area contributed by atoms with Crippen LogP contribution in [0.25, 0.3) is 0 Å². The van der Waals surface area contributed by atoms with Gasteiger partial charge in [-0.25, -0.2) is 12.7 Å². The Morgan fingerprint density at radius 2 is 1.73 bits per heavy atom. The molecule has 2 aromatic carbocycles. The number of benzene rings is 2. The first-order valence-corrected chi connectivity index (χ1v) is 11.4. The highest BCUT2D eigenvalue weighted by Crippen LogP contribution is 2.39. The van der Waals surface area contributed by atoms with E-state index in [1.54, 1.807) is 55.6 Å². The fraction of sp³-hybridized carbons (Fsp3) is 0.333. The molecule has 1 saturated heterocycles. The average molecular weight is 426 g/mol. The lowest BCUT2D eigenvalue weighted by Gasteiger charge is -2.38. The van der Waals surface area contributed by atoms with Gasteiger partial charge in [0.1, 0.15) is 5.75 Å². The molecule has 5 rings (SSSR count). The molecule has 0 saturated carbocycles. The lowest BCUT2D eigenvalue weighted by Crippen LogP contribution is -2.56. The Morgan fingerprint density at radius 1 is 1.03 bits per heavy atom. The predicted octanol–water partition coefficient (Wildman–Crippen LogP) is 2.29. The van der Waals surface area contributed by atoms with Crippen LogP contribution >= 0.6 is 0 Å². The number of rotatable bonds is 3. The number of amidine groups is 1. The Balaban J connectivity index is 1.60. The first-order valence-electron chi connectivity index (χ1n) is 9.96. The molecule has 3 aliphatic rings. The zero-order valence-electron chi connectivity index (χ0n) is 16.6. The highest BCUT2D eigenvalue weighted by molar-refractivity contribution is 7.90. The Kier molecular flexibility index (Phi) is 4.52. The fourth-order valence-electron chi connectivity index (χ4n) is 4.27. The van der Waals surface area contributed by atoms with Crippen LogP contribution in [0.4, 0.5) is 0 Å². The number of hydrazone groups is 1. The Morgan fingerprint density at radius 3 is 2.43 bits per heavy atom. The maximum atomic E-state index is 13.4. The minimum absolute atomic E-state index is 0.238. The lowest BCUT2D eigenvalue weighted by atomic mass is 10.1. The second kappa shape index (κ2) is 7.10. The summed E-state index contributed by atoms with van der Waals surface area (Å²) in [5, 5.41) is 5.85. The first kappa shape index (κ1) is 19.1. The molecular formula is C21H22N4O4S. The van der Waals surface area contributed by atoms with E-state index in [9.17, 15) is 13.2 Å². The number of amides is 1. The number of hydrogen-bond donors (Lipinski definition) is 0. The van der Waals surface area contributed by atoms with E-state index in [4.69, 9.17) is 4.74 Å². The third kappa shape index (κ3) is 2.80. The van der Waals surface area contributed by atoms with E-state index in [0.29, 0.717) is 35.8 Å². The molecule has 3 heterocycles. The number of ether oxygens (including phenoxy) is 1. The predicted molar refractivity (Wildman–Crippen MR) is 110 cm³/mol. The van der Waals surface area contributed by atoms with Crippen molar-refractivity contribution in [3.63, 3.8) is 0 Å². The van der Waals surface area contributed by atoms with Crippen molar-refractivity contribution in [2.75, 3.05) is 20.2 Å². The van der Waals surface area contributed by atoms with E-state index in [-0.39, 0.29) is 10.8 Å². The zero-order valence-corrected chi connectivity index (χ0v) is 17.4. The van der Waals surface area contributed by atoms with E-state index in [0.717, 1.165) is 19.3 Å². The maximum Gasteiger partial charge on any atom is 0.277 e. The van der Waals surface area contributed by atoms with E-state index >= 15 is 0 Å². The standard InChI is InChI=1S/C21H22N4O4S/c1-29-16-11-9-15(10-12-16)20(26)24-21(23-13-5-2-6-14-23)25-19(22-24)17-7-3-4-8-18(17)30(25,27)28/h3-4,7-12,21H,2,5-6,13-14H2,1H3/t21-/m0/s1. The molecule has 0 aliphatic carbocycles. The van der Waals surface area contributed by atoms with Crippen LogP contribution in [0, 0.1) is 0 Å². The van der Waals surface area contributed by atoms with Crippen molar-refractivity contribution in [2.24, 2.45) is 5.10 Å². The van der Waals surface area contributed by atoms with Gasteiger partial charge < -0.3 is 4.74 Å². The summed E-state index contributed by atoms with van der Waals surface area (Å²) in [5.74, 6) is 0.606. The van der Waals surface area contributed by atoms with Gasteiger partial charge in [0.05, 0.1) is 12.0 Å². The molecule has 30 heavy (non-hydrogen) atoms. The van der Waals surface area contributed by atoms with Crippen LogP contribution in [0.1, 0.15) is 35.2 Å². The van der Waals surface area contributed by atoms with Gasteiger partial charge in [0.2, 0.25) is 0 Å². The van der Waals surface area contributed by atoms with Gasteiger partial charge in [-0.15, -0.1) is 5.10 Å². The topological polar surface area (TPSA) is 82.5 Å². The van der Waals surface area contributed by atoms with Crippen molar-refractivity contribution in [3.8, 4) is 5.75 Å². The van der Waals surface area contributed by atoms with Gasteiger partial charge in [-0.05, 0) is 49.2 Å². The summed E-state index contributed by atoms with van der Waals surface area (Å²) >= 11 is 0. The largest absolute Gasteiger partial charge is 0.497 e. The Bertz CT molecular complexity index is 1120. The minimum Gasteiger partial charge on any atom is -0.497 e. The van der Waals surface area contributed by atoms with Crippen LogP contribution in [-0.2, 0) is 10.0 Å². The maximum absolute atomic E-state index is 13.4. The molecule has 0 bridgehead atoms. The number of likely N-dealkylation sites (tertiary alicyclic amines) is 1. The van der Waals surface area contributed by atoms with Crippen molar-refractivity contribution in [1.82, 2.24) is 14.2 Å². The normalized spacial score (nSPS) is 22.4. The van der Waals surface area contributed by atoms with Crippen molar-refractivity contribution in [3.05, 3.63) is 59.7 Å². The summed E-state index contributed by atoms with van der Waals surface area (Å²) in [7, 11) is -2.23. The summed E-state index contributed by atoms with van der Waals surface area (Å²) in [6.07, 6.45) is 2.21. The molecule has 0 N–H and O–H groups in total. The van der Waals surface area contributed by atoms with E-state index in [2.05, 4.69) is 5.10 Å². The Hall–Kier alpha value is -2.91. The van der Waals surface area contributed by atoms with Crippen LogP contribution in [0.3, 0.4) is 0 Å². The summed E-state index contributed by atoms with van der Waals surface area (Å²) in [6.45, 7) is 1.42. The van der Waals surface area contributed by atoms with Crippen molar-refractivity contribution in [1.29, 1.82) is 0 Å². The zero-order chi connectivity index (χ0) is 20.9. The summed E-state index contributed by atoms with van der Waals surface area (Å²) < 4.78 is 33.2. The molecule has 0 spiro atoms. The second-order valence-electron chi connectivity index (χ2n) is 7.54. The van der Waals surface area contributed by atoms with Crippen LogP contribution in [-0.4, -0.2) is 60.9 Å². The molecule has 8 nitrogen and oxygen atoms in total. The van der Waals surface area contributed by atoms with Gasteiger partial charge in [-0.3, -0.25) is 9.69 Å². The number of carbonyl (C=O) groups excluding carboxylic acids is 1. The number of methoxy groups -OCH3 is 1. The molecule has 156 valence electrons. The summed E-state index contributed by atoms with van der Waals surface area (Å²) in [5.41, 5.74) is 0.957. The number of nitrogens with zero attached hydrogens (tertiary/aromatic N) is 4. The number of hydrogen-bond acceptors (Lipinski definition) is 6. The fourth-order valence-corrected chi connectivity index (χ4v) is 6.00. The second-order valence-corrected chi connectivity index (χ2v) is 9.33. The molecule has 9 heteroatoms. The molecular weight excluding hydrogens is 404 g/mol. The van der Waals surface area contributed by atoms with E-state index in [1.807, 2.05) is 4.90 Å². The van der Waals surface area contributed by atoms with Crippen LogP contribution in [0.15, 0.2) is 58.5 Å². The molecule has 0 aromatic heterocycles. The average Bonchev–Trinajstić information content (AvgIpc) is 3.29. The smallest absolute Gasteiger partial charge is 0.277 e. The summed E-state index contributed by atoms with van der Waals surface area (Å²) in [4.78, 5) is 15.7. The molecule has 3 aliphatic heterocycles. The number of carbonyl (C=O) groups is 1. The SMILES string of the molecule is COc1ccc(C(=O)N2N=C3c4ccccc4S(=O)(=O)N3[C@H]2N2CCCCC2)cc1. The first-order chi connectivity index (χ1) is 14.5. The van der Waals surface area contributed by atoms with Gasteiger partial charge in [0.15, 0.2) is 12.1 Å². The van der Waals surface area contributed by atoms with Gasteiger partial charge in [-0.2, -0.15) is 5.01 Å². The van der Waals surface area contributed by atoms with Gasteiger partial charge in [-0.1, -0.05) is 18.6 Å². The van der Waals surface area contributed by atoms with E-state index in [1.165, 1.54) is 9.31 Å². The highest BCUT2D eigenvalue weighted by Gasteiger charge is 2.53. The van der Waals surface area contributed by atoms with E-state index < -0.39 is 16.3 Å². The number of piperidine rings is 1. The van der Waals surface area contributed by atoms with Gasteiger partial charge in [0, 0.05) is 24.2 Å². The van der Waals surface area contributed by atoms with Gasteiger partial charge >= 0.3 is 0 Å². The lowest BCUT2D eigenvalue weighted by molar-refractivity contribution is 0.00557.